The number of hydrogen-bond acceptors (Lipinski definition) is 6. The van der Waals surface area contributed by atoms with Crippen molar-refractivity contribution in [2.75, 3.05) is 19.8 Å². The Morgan fingerprint density at radius 1 is 0.923 bits per heavy atom. The van der Waals surface area contributed by atoms with Gasteiger partial charge in [0.25, 0.3) is 0 Å². The zero-order valence-electron chi connectivity index (χ0n) is 25.0. The summed E-state index contributed by atoms with van der Waals surface area (Å²) >= 11 is 0. The van der Waals surface area contributed by atoms with Gasteiger partial charge in [0.05, 0.1) is 24.7 Å². The summed E-state index contributed by atoms with van der Waals surface area (Å²) < 4.78 is 5.72. The quantitative estimate of drug-likeness (QED) is 0.280. The van der Waals surface area contributed by atoms with Crippen LogP contribution < -0.4 is 0 Å². The molecule has 0 amide bonds. The van der Waals surface area contributed by atoms with Gasteiger partial charge < -0.3 is 25.2 Å². The number of ether oxygens (including phenoxy) is 1. The number of aliphatic hydroxyl groups is 4. The van der Waals surface area contributed by atoms with E-state index in [1.165, 1.54) is 0 Å². The molecule has 6 nitrogen and oxygen atoms in total. The highest BCUT2D eigenvalue weighted by molar-refractivity contribution is 5.78. The first-order valence-electron chi connectivity index (χ1n) is 15.7. The van der Waals surface area contributed by atoms with E-state index < -0.39 is 29.6 Å². The standard InChI is InChI=1S/C33H54O6/c1-20(2)22-9-14-33(28(38)39-18-21(36)17-34)16-15-31(5)23(27(22)33)7-8-25-29(3)12-11-26(37)30(4,19-35)24(29)10-13-32(25,31)6/h21-27,34-37H,1,7-19H2,2-6H3/t21?,22-,23?,24+,25?,26-,27?,29-,30-,31+,32+,33-/m0/s1. The van der Waals surface area contributed by atoms with E-state index >= 15 is 0 Å². The molecule has 0 saturated heterocycles. The Balaban J connectivity index is 1.51. The molecule has 12 atom stereocenters. The minimum atomic E-state index is -1.04. The van der Waals surface area contributed by atoms with Gasteiger partial charge in [0.1, 0.15) is 12.7 Å². The van der Waals surface area contributed by atoms with Crippen LogP contribution in [-0.2, 0) is 9.53 Å². The summed E-state index contributed by atoms with van der Waals surface area (Å²) in [5.41, 5.74) is 0.440. The van der Waals surface area contributed by atoms with Crippen molar-refractivity contribution in [2.24, 2.45) is 56.7 Å². The van der Waals surface area contributed by atoms with Crippen molar-refractivity contribution in [3.8, 4) is 0 Å². The fourth-order valence-electron chi connectivity index (χ4n) is 11.9. The average Bonchev–Trinajstić information content (AvgIpc) is 3.31. The van der Waals surface area contributed by atoms with E-state index in [4.69, 9.17) is 4.74 Å². The van der Waals surface area contributed by atoms with E-state index in [1.54, 1.807) is 0 Å². The molecule has 5 aliphatic rings. The lowest BCUT2D eigenvalue weighted by atomic mass is 9.32. The van der Waals surface area contributed by atoms with Crippen LogP contribution >= 0.6 is 0 Å². The van der Waals surface area contributed by atoms with Gasteiger partial charge in [-0.2, -0.15) is 0 Å². The van der Waals surface area contributed by atoms with E-state index in [0.29, 0.717) is 23.7 Å². The number of fused-ring (bicyclic) bond motifs is 7. The molecule has 4 N–H and O–H groups in total. The highest BCUT2D eigenvalue weighted by Crippen LogP contribution is 2.77. The van der Waals surface area contributed by atoms with Crippen LogP contribution in [0.3, 0.4) is 0 Å². The lowest BCUT2D eigenvalue weighted by Crippen LogP contribution is -2.67. The van der Waals surface area contributed by atoms with Crippen molar-refractivity contribution >= 4 is 5.97 Å². The summed E-state index contributed by atoms with van der Waals surface area (Å²) in [4.78, 5) is 13.8. The number of rotatable bonds is 6. The highest BCUT2D eigenvalue weighted by atomic mass is 16.5. The van der Waals surface area contributed by atoms with Crippen LogP contribution in [0.1, 0.15) is 98.8 Å². The molecule has 4 unspecified atom stereocenters. The summed E-state index contributed by atoms with van der Waals surface area (Å²) in [6, 6.07) is 0. The van der Waals surface area contributed by atoms with Gasteiger partial charge in [0.15, 0.2) is 0 Å². The van der Waals surface area contributed by atoms with Gasteiger partial charge in [-0.1, -0.05) is 39.8 Å². The Bertz CT molecular complexity index is 981. The molecule has 0 aromatic rings. The molecule has 0 heterocycles. The van der Waals surface area contributed by atoms with Gasteiger partial charge in [0, 0.05) is 5.41 Å². The molecule has 5 aliphatic carbocycles. The molecule has 5 rings (SSSR count). The van der Waals surface area contributed by atoms with E-state index in [9.17, 15) is 25.2 Å². The number of aliphatic hydroxyl groups excluding tert-OH is 4. The third-order valence-corrected chi connectivity index (χ3v) is 14.2. The lowest BCUT2D eigenvalue weighted by Gasteiger charge is -2.72. The van der Waals surface area contributed by atoms with E-state index in [-0.39, 0.29) is 41.3 Å². The largest absolute Gasteiger partial charge is 0.462 e. The van der Waals surface area contributed by atoms with Crippen LogP contribution in [0, 0.1) is 56.7 Å². The van der Waals surface area contributed by atoms with Crippen molar-refractivity contribution in [3.05, 3.63) is 12.2 Å². The first kappa shape index (κ1) is 29.5. The van der Waals surface area contributed by atoms with E-state index in [0.717, 1.165) is 69.8 Å². The molecule has 5 fully saturated rings. The van der Waals surface area contributed by atoms with Crippen molar-refractivity contribution in [1.29, 1.82) is 0 Å². The Morgan fingerprint density at radius 2 is 1.64 bits per heavy atom. The van der Waals surface area contributed by atoms with Gasteiger partial charge in [-0.15, -0.1) is 0 Å². The van der Waals surface area contributed by atoms with Crippen LogP contribution in [0.2, 0.25) is 0 Å². The summed E-state index contributed by atoms with van der Waals surface area (Å²) in [6.07, 6.45) is 8.16. The van der Waals surface area contributed by atoms with Gasteiger partial charge >= 0.3 is 5.97 Å². The van der Waals surface area contributed by atoms with Crippen molar-refractivity contribution in [3.63, 3.8) is 0 Å². The van der Waals surface area contributed by atoms with Crippen molar-refractivity contribution in [1.82, 2.24) is 0 Å². The molecule has 6 heteroatoms. The van der Waals surface area contributed by atoms with Crippen molar-refractivity contribution in [2.45, 2.75) is 111 Å². The second-order valence-electron chi connectivity index (χ2n) is 15.5. The second kappa shape index (κ2) is 9.81. The van der Waals surface area contributed by atoms with Gasteiger partial charge in [0.2, 0.25) is 0 Å². The predicted molar refractivity (Wildman–Crippen MR) is 150 cm³/mol. The maximum atomic E-state index is 13.8. The zero-order valence-corrected chi connectivity index (χ0v) is 25.0. The molecular weight excluding hydrogens is 492 g/mol. The van der Waals surface area contributed by atoms with E-state index in [1.807, 2.05) is 0 Å². The molecule has 0 aromatic heterocycles. The molecule has 0 bridgehead atoms. The maximum absolute atomic E-state index is 13.8. The summed E-state index contributed by atoms with van der Waals surface area (Å²) in [5.74, 6) is 1.51. The number of carbonyl (C=O) groups is 1. The molecule has 0 spiro atoms. The Labute approximate surface area is 235 Å². The fraction of sp³-hybridized carbons (Fsp3) is 0.909. The Hall–Kier alpha value is -0.950. The maximum Gasteiger partial charge on any atom is 0.312 e. The fourth-order valence-corrected chi connectivity index (χ4v) is 11.9. The van der Waals surface area contributed by atoms with Crippen LogP contribution in [-0.4, -0.2) is 58.4 Å². The third-order valence-electron chi connectivity index (χ3n) is 14.2. The molecule has 0 radical (unpaired) electrons. The smallest absolute Gasteiger partial charge is 0.312 e. The summed E-state index contributed by atoms with van der Waals surface area (Å²) in [6.45, 7) is 15.6. The lowest BCUT2D eigenvalue weighted by molar-refractivity contribution is -0.254. The zero-order chi connectivity index (χ0) is 28.6. The summed E-state index contributed by atoms with van der Waals surface area (Å²) in [5, 5.41) is 40.6. The van der Waals surface area contributed by atoms with Crippen LogP contribution in [0.4, 0.5) is 0 Å². The monoisotopic (exact) mass is 546 g/mol. The third kappa shape index (κ3) is 3.90. The molecule has 0 aromatic carbocycles. The molecule has 5 saturated carbocycles. The normalized spacial score (nSPS) is 51.6. The minimum Gasteiger partial charge on any atom is -0.462 e. The van der Waals surface area contributed by atoms with Crippen LogP contribution in [0.25, 0.3) is 0 Å². The molecule has 222 valence electrons. The molecule has 39 heavy (non-hydrogen) atoms. The van der Waals surface area contributed by atoms with Crippen LogP contribution in [0.15, 0.2) is 12.2 Å². The van der Waals surface area contributed by atoms with Crippen molar-refractivity contribution < 1.29 is 30.0 Å². The number of esters is 1. The van der Waals surface area contributed by atoms with Gasteiger partial charge in [-0.25, -0.2) is 0 Å². The first-order chi connectivity index (χ1) is 18.2. The first-order valence-corrected chi connectivity index (χ1v) is 15.7. The second-order valence-corrected chi connectivity index (χ2v) is 15.5. The highest BCUT2D eigenvalue weighted by Gasteiger charge is 2.72. The number of hydrogen-bond donors (Lipinski definition) is 4. The molecular formula is C33H54O6. The SMILES string of the molecule is C=C(C)[C@@H]1CC[C@]2(C(=O)OCC(O)CO)CC[C@]3(C)C(CCC4[C@@]5(C)CC[C@H](O)[C@@](C)(CO)[C@@H]5CC[C@]43C)C12. The van der Waals surface area contributed by atoms with Gasteiger partial charge in [-0.3, -0.25) is 4.79 Å². The number of allylic oxidation sites excluding steroid dienone is 1. The minimum absolute atomic E-state index is 0.0374. The Morgan fingerprint density at radius 3 is 2.28 bits per heavy atom. The van der Waals surface area contributed by atoms with E-state index in [2.05, 4.69) is 41.2 Å². The topological polar surface area (TPSA) is 107 Å². The number of carbonyl (C=O) groups excluding carboxylic acids is 1. The predicted octanol–water partition coefficient (Wildman–Crippen LogP) is 4.87. The average molecular weight is 547 g/mol. The molecule has 0 aliphatic heterocycles. The Kier molecular flexibility index (Phi) is 7.43. The van der Waals surface area contributed by atoms with Gasteiger partial charge in [-0.05, 0) is 117 Å². The summed E-state index contributed by atoms with van der Waals surface area (Å²) in [7, 11) is 0. The van der Waals surface area contributed by atoms with Crippen LogP contribution in [0.5, 0.6) is 0 Å².